The van der Waals surface area contributed by atoms with Crippen molar-refractivity contribution in [3.63, 3.8) is 0 Å². The Kier molecular flexibility index (Phi) is 5.92. The van der Waals surface area contributed by atoms with Gasteiger partial charge in [-0.15, -0.1) is 0 Å². The van der Waals surface area contributed by atoms with Crippen molar-refractivity contribution < 1.29 is 14.0 Å². The molecule has 2 aromatic carbocycles. The Morgan fingerprint density at radius 3 is 2.59 bits per heavy atom. The minimum atomic E-state index is -0.426. The Morgan fingerprint density at radius 1 is 1.12 bits per heavy atom. The van der Waals surface area contributed by atoms with Crippen LogP contribution in [0.2, 0.25) is 0 Å². The molecule has 0 aliphatic carbocycles. The van der Waals surface area contributed by atoms with Gasteiger partial charge in [0.25, 0.3) is 5.91 Å². The highest BCUT2D eigenvalue weighted by Crippen LogP contribution is 2.45. The van der Waals surface area contributed by atoms with Gasteiger partial charge in [0.1, 0.15) is 11.5 Å². The molecule has 0 bridgehead atoms. The number of H-pyrrole nitrogens is 1. The van der Waals surface area contributed by atoms with Gasteiger partial charge in [-0.1, -0.05) is 44.2 Å². The summed E-state index contributed by atoms with van der Waals surface area (Å²) >= 11 is 0. The van der Waals surface area contributed by atoms with E-state index in [1.165, 1.54) is 6.07 Å². The summed E-state index contributed by atoms with van der Waals surface area (Å²) in [7, 11) is 0. The topological polar surface area (TPSA) is 56.4 Å². The Balaban J connectivity index is 1.31. The van der Waals surface area contributed by atoms with E-state index in [0.717, 1.165) is 22.9 Å². The summed E-state index contributed by atoms with van der Waals surface area (Å²) in [6, 6.07) is 16.5. The van der Waals surface area contributed by atoms with Gasteiger partial charge in [0, 0.05) is 36.6 Å². The fourth-order valence-electron chi connectivity index (χ4n) is 5.78. The molecule has 1 spiro atoms. The zero-order valence-corrected chi connectivity index (χ0v) is 19.9. The highest BCUT2D eigenvalue weighted by atomic mass is 19.1. The Labute approximate surface area is 199 Å². The summed E-state index contributed by atoms with van der Waals surface area (Å²) in [5, 5.41) is 1.02. The first-order valence-electron chi connectivity index (χ1n) is 12.3. The second-order valence-corrected chi connectivity index (χ2v) is 10.4. The SMILES string of the molecule is CC(C)CN1C(=O)C2(CCN(C(=O)c3cc4ccccc4[nH]3)CC2)CC1Cc1cccc(F)c1. The van der Waals surface area contributed by atoms with E-state index in [4.69, 9.17) is 0 Å². The average molecular weight is 462 g/mol. The number of carbonyl (C=O) groups excluding carboxylic acids is 2. The molecule has 34 heavy (non-hydrogen) atoms. The van der Waals surface area contributed by atoms with Crippen LogP contribution in [0.3, 0.4) is 0 Å². The number of fused-ring (bicyclic) bond motifs is 1. The number of carbonyl (C=O) groups is 2. The van der Waals surface area contributed by atoms with Gasteiger partial charge in [-0.25, -0.2) is 4.39 Å². The number of hydrogen-bond acceptors (Lipinski definition) is 2. The summed E-state index contributed by atoms with van der Waals surface area (Å²) in [4.78, 5) is 34.0. The fourth-order valence-corrected chi connectivity index (χ4v) is 5.78. The van der Waals surface area contributed by atoms with Crippen LogP contribution in [0.5, 0.6) is 0 Å². The van der Waals surface area contributed by atoms with Crippen LogP contribution in [0.25, 0.3) is 10.9 Å². The van der Waals surface area contributed by atoms with E-state index in [1.807, 2.05) is 46.2 Å². The average Bonchev–Trinajstić information content (AvgIpc) is 3.35. The lowest BCUT2D eigenvalue weighted by molar-refractivity contribution is -0.139. The molecule has 5 nitrogen and oxygen atoms in total. The third-order valence-electron chi connectivity index (χ3n) is 7.47. The quantitative estimate of drug-likeness (QED) is 0.580. The number of aromatic amines is 1. The van der Waals surface area contributed by atoms with Crippen molar-refractivity contribution in [2.45, 2.75) is 45.6 Å². The Hall–Kier alpha value is -3.15. The highest BCUT2D eigenvalue weighted by Gasteiger charge is 2.52. The maximum absolute atomic E-state index is 13.8. The third kappa shape index (κ3) is 4.22. The third-order valence-corrected chi connectivity index (χ3v) is 7.47. The molecule has 2 aliphatic heterocycles. The molecule has 0 saturated carbocycles. The number of piperidine rings is 1. The lowest BCUT2D eigenvalue weighted by atomic mass is 9.75. The molecule has 2 aliphatic rings. The molecule has 2 amide bonds. The molecule has 0 radical (unpaired) electrons. The zero-order chi connectivity index (χ0) is 23.9. The van der Waals surface area contributed by atoms with E-state index in [-0.39, 0.29) is 23.7 Å². The van der Waals surface area contributed by atoms with Crippen LogP contribution in [0.1, 0.15) is 49.2 Å². The molecule has 1 atom stereocenters. The summed E-state index contributed by atoms with van der Waals surface area (Å²) in [6.07, 6.45) is 2.78. The van der Waals surface area contributed by atoms with E-state index in [2.05, 4.69) is 18.8 Å². The van der Waals surface area contributed by atoms with Gasteiger partial charge in [-0.2, -0.15) is 0 Å². The van der Waals surface area contributed by atoms with Crippen LogP contribution in [0.15, 0.2) is 54.6 Å². The Morgan fingerprint density at radius 2 is 1.88 bits per heavy atom. The first-order chi connectivity index (χ1) is 16.3. The molecule has 6 heteroatoms. The number of rotatable bonds is 5. The van der Waals surface area contributed by atoms with Crippen LogP contribution < -0.4 is 0 Å². The fraction of sp³-hybridized carbons (Fsp3) is 0.429. The summed E-state index contributed by atoms with van der Waals surface area (Å²) in [6.45, 7) is 6.10. The minimum absolute atomic E-state index is 0.00755. The van der Waals surface area contributed by atoms with E-state index < -0.39 is 5.41 Å². The van der Waals surface area contributed by atoms with Crippen LogP contribution in [-0.4, -0.2) is 52.3 Å². The van der Waals surface area contributed by atoms with E-state index in [9.17, 15) is 14.0 Å². The molecule has 5 rings (SSSR count). The summed E-state index contributed by atoms with van der Waals surface area (Å²) in [5.74, 6) is 0.320. The van der Waals surface area contributed by atoms with Crippen molar-refractivity contribution in [3.8, 4) is 0 Å². The second kappa shape index (κ2) is 8.90. The molecule has 178 valence electrons. The maximum Gasteiger partial charge on any atom is 0.270 e. The maximum atomic E-state index is 13.8. The number of likely N-dealkylation sites (tertiary alicyclic amines) is 2. The van der Waals surface area contributed by atoms with Crippen LogP contribution in [0, 0.1) is 17.2 Å². The van der Waals surface area contributed by atoms with Crippen molar-refractivity contribution >= 4 is 22.7 Å². The van der Waals surface area contributed by atoms with E-state index in [1.54, 1.807) is 12.1 Å². The molecule has 2 fully saturated rings. The lowest BCUT2D eigenvalue weighted by Gasteiger charge is -2.38. The monoisotopic (exact) mass is 461 g/mol. The van der Waals surface area contributed by atoms with Gasteiger partial charge in [0.15, 0.2) is 0 Å². The minimum Gasteiger partial charge on any atom is -0.351 e. The van der Waals surface area contributed by atoms with Gasteiger partial charge in [-0.3, -0.25) is 9.59 Å². The van der Waals surface area contributed by atoms with Crippen molar-refractivity contribution in [2.75, 3.05) is 19.6 Å². The van der Waals surface area contributed by atoms with Gasteiger partial charge < -0.3 is 14.8 Å². The number of nitrogens with zero attached hydrogens (tertiary/aromatic N) is 2. The van der Waals surface area contributed by atoms with Crippen LogP contribution >= 0.6 is 0 Å². The first kappa shape index (κ1) is 22.6. The Bertz CT molecular complexity index is 1180. The summed E-state index contributed by atoms with van der Waals surface area (Å²) < 4.78 is 13.8. The summed E-state index contributed by atoms with van der Waals surface area (Å²) in [5.41, 5.74) is 2.05. The number of amides is 2. The number of nitrogens with one attached hydrogen (secondary N) is 1. The lowest BCUT2D eigenvalue weighted by Crippen LogP contribution is -2.47. The molecule has 3 heterocycles. The predicted octanol–water partition coefficient (Wildman–Crippen LogP) is 5.03. The first-order valence-corrected chi connectivity index (χ1v) is 12.3. The molecule has 1 unspecified atom stereocenters. The zero-order valence-electron chi connectivity index (χ0n) is 19.9. The smallest absolute Gasteiger partial charge is 0.270 e. The number of halogens is 1. The van der Waals surface area contributed by atoms with E-state index in [0.29, 0.717) is 50.5 Å². The van der Waals surface area contributed by atoms with Gasteiger partial charge in [0.05, 0.1) is 5.41 Å². The number of benzene rings is 2. The molecule has 2 saturated heterocycles. The number of hydrogen-bond donors (Lipinski definition) is 1. The molecule has 1 N–H and O–H groups in total. The second-order valence-electron chi connectivity index (χ2n) is 10.4. The van der Waals surface area contributed by atoms with Crippen LogP contribution in [0.4, 0.5) is 4.39 Å². The molecular formula is C28H32FN3O2. The van der Waals surface area contributed by atoms with Crippen molar-refractivity contribution in [2.24, 2.45) is 11.3 Å². The molecular weight excluding hydrogens is 429 g/mol. The van der Waals surface area contributed by atoms with Crippen LogP contribution in [-0.2, 0) is 11.2 Å². The van der Waals surface area contributed by atoms with Gasteiger partial charge >= 0.3 is 0 Å². The van der Waals surface area contributed by atoms with Crippen molar-refractivity contribution in [1.29, 1.82) is 0 Å². The van der Waals surface area contributed by atoms with Crippen molar-refractivity contribution in [3.05, 3.63) is 71.7 Å². The van der Waals surface area contributed by atoms with Crippen molar-refractivity contribution in [1.82, 2.24) is 14.8 Å². The van der Waals surface area contributed by atoms with Gasteiger partial charge in [-0.05, 0) is 61.4 Å². The molecule has 1 aromatic heterocycles. The van der Waals surface area contributed by atoms with E-state index >= 15 is 0 Å². The normalized spacial score (nSPS) is 20.1. The molecule has 3 aromatic rings. The highest BCUT2D eigenvalue weighted by molar-refractivity contribution is 5.98. The number of aromatic nitrogens is 1. The number of para-hydroxylation sites is 1. The predicted molar refractivity (Wildman–Crippen MR) is 131 cm³/mol. The standard InChI is InChI=1S/C28H32FN3O2/c1-19(2)18-32-23(15-20-6-5-8-22(29)14-20)17-28(27(32)34)10-12-31(13-11-28)26(33)25-16-21-7-3-4-9-24(21)30-25/h3-9,14,16,19,23,30H,10-13,15,17-18H2,1-2H3. The largest absolute Gasteiger partial charge is 0.351 e. The van der Waals surface area contributed by atoms with Gasteiger partial charge in [0.2, 0.25) is 5.91 Å².